The summed E-state index contributed by atoms with van der Waals surface area (Å²) in [7, 11) is 1.57. The van der Waals surface area contributed by atoms with Gasteiger partial charge in [-0.05, 0) is 6.92 Å². The van der Waals surface area contributed by atoms with Gasteiger partial charge in [0.25, 0.3) is 0 Å². The molecule has 2 N–H and O–H groups in total. The maximum Gasteiger partial charge on any atom is 0.223 e. The van der Waals surface area contributed by atoms with Crippen LogP contribution in [0.2, 0.25) is 0 Å². The van der Waals surface area contributed by atoms with Crippen LogP contribution in [0.5, 0.6) is 5.75 Å². The topological polar surface area (TPSA) is 98.0 Å². The van der Waals surface area contributed by atoms with E-state index >= 15 is 0 Å². The molecule has 0 saturated heterocycles. The minimum absolute atomic E-state index is 0.399. The van der Waals surface area contributed by atoms with Gasteiger partial charge in [0.05, 0.1) is 13.7 Å². The molecule has 2 aromatic heterocycles. The molecule has 102 valence electrons. The van der Waals surface area contributed by atoms with Gasteiger partial charge in [-0.25, -0.2) is 9.97 Å². The molecule has 0 saturated carbocycles. The van der Waals surface area contributed by atoms with E-state index in [2.05, 4.69) is 30.7 Å². The van der Waals surface area contributed by atoms with Gasteiger partial charge in [-0.15, -0.1) is 0 Å². The van der Waals surface area contributed by atoms with Crippen molar-refractivity contribution < 1.29 is 9.26 Å². The van der Waals surface area contributed by atoms with Crippen LogP contribution in [0.1, 0.15) is 18.6 Å². The molecule has 0 atom stereocenters. The standard InChI is InChI=1S/C11H16N6O2/c1-4-12-10-9(18-3)11(15-6-14-10)13-5-8-16-7(2)19-17-8/h6H,4-5H2,1-3H3,(H2,12,13,14,15). The molecule has 0 radical (unpaired) electrons. The molecular weight excluding hydrogens is 248 g/mol. The molecule has 0 bridgehead atoms. The Morgan fingerprint density at radius 2 is 2.00 bits per heavy atom. The number of rotatable bonds is 6. The van der Waals surface area contributed by atoms with Crippen LogP contribution >= 0.6 is 0 Å². The Balaban J connectivity index is 2.13. The highest BCUT2D eigenvalue weighted by Gasteiger charge is 2.12. The Hall–Kier alpha value is -2.38. The largest absolute Gasteiger partial charge is 0.490 e. The minimum Gasteiger partial charge on any atom is -0.490 e. The summed E-state index contributed by atoms with van der Waals surface area (Å²) in [6.45, 7) is 4.87. The summed E-state index contributed by atoms with van der Waals surface area (Å²) in [6, 6.07) is 0. The van der Waals surface area contributed by atoms with Gasteiger partial charge >= 0.3 is 0 Å². The first-order chi connectivity index (χ1) is 9.24. The number of methoxy groups -OCH3 is 1. The van der Waals surface area contributed by atoms with Crippen LogP contribution in [0.4, 0.5) is 11.6 Å². The van der Waals surface area contributed by atoms with Crippen LogP contribution in [-0.2, 0) is 6.54 Å². The fraction of sp³-hybridized carbons (Fsp3) is 0.455. The lowest BCUT2D eigenvalue weighted by Gasteiger charge is -2.12. The predicted molar refractivity (Wildman–Crippen MR) is 69.1 cm³/mol. The van der Waals surface area contributed by atoms with E-state index in [0.29, 0.717) is 35.6 Å². The van der Waals surface area contributed by atoms with E-state index in [1.165, 1.54) is 6.33 Å². The van der Waals surface area contributed by atoms with Crippen molar-refractivity contribution >= 4 is 11.6 Å². The molecule has 2 heterocycles. The maximum absolute atomic E-state index is 5.31. The van der Waals surface area contributed by atoms with E-state index in [1.807, 2.05) is 6.92 Å². The summed E-state index contributed by atoms with van der Waals surface area (Å²) in [5, 5.41) is 9.99. The van der Waals surface area contributed by atoms with Crippen LogP contribution in [0.3, 0.4) is 0 Å². The second kappa shape index (κ2) is 5.98. The second-order valence-electron chi connectivity index (χ2n) is 3.72. The Morgan fingerprint density at radius 3 is 2.58 bits per heavy atom. The van der Waals surface area contributed by atoms with Gasteiger partial charge < -0.3 is 19.9 Å². The van der Waals surface area contributed by atoms with Crippen molar-refractivity contribution in [2.24, 2.45) is 0 Å². The molecule has 8 heteroatoms. The van der Waals surface area contributed by atoms with Gasteiger partial charge in [-0.1, -0.05) is 5.16 Å². The molecule has 0 fully saturated rings. The molecule has 8 nitrogen and oxygen atoms in total. The Labute approximate surface area is 110 Å². The van der Waals surface area contributed by atoms with Crippen molar-refractivity contribution in [2.75, 3.05) is 24.3 Å². The first-order valence-electron chi connectivity index (χ1n) is 5.90. The van der Waals surface area contributed by atoms with E-state index in [4.69, 9.17) is 9.26 Å². The first kappa shape index (κ1) is 13.1. The summed E-state index contributed by atoms with van der Waals surface area (Å²) in [5.74, 6) is 2.87. The van der Waals surface area contributed by atoms with E-state index in [-0.39, 0.29) is 0 Å². The monoisotopic (exact) mass is 264 g/mol. The molecule has 0 aliphatic heterocycles. The smallest absolute Gasteiger partial charge is 0.223 e. The third kappa shape index (κ3) is 3.09. The highest BCUT2D eigenvalue weighted by atomic mass is 16.5. The summed E-state index contributed by atoms with van der Waals surface area (Å²) in [6.07, 6.45) is 1.46. The van der Waals surface area contributed by atoms with E-state index in [0.717, 1.165) is 6.54 Å². The van der Waals surface area contributed by atoms with E-state index < -0.39 is 0 Å². The maximum atomic E-state index is 5.31. The van der Waals surface area contributed by atoms with Gasteiger partial charge in [-0.3, -0.25) is 0 Å². The average Bonchev–Trinajstić information content (AvgIpc) is 2.83. The van der Waals surface area contributed by atoms with Crippen molar-refractivity contribution in [1.82, 2.24) is 20.1 Å². The lowest BCUT2D eigenvalue weighted by molar-refractivity contribution is 0.388. The van der Waals surface area contributed by atoms with E-state index in [1.54, 1.807) is 14.0 Å². The molecule has 19 heavy (non-hydrogen) atoms. The molecule has 0 amide bonds. The van der Waals surface area contributed by atoms with Crippen LogP contribution in [0.25, 0.3) is 0 Å². The quantitative estimate of drug-likeness (QED) is 0.803. The molecule has 2 rings (SSSR count). The van der Waals surface area contributed by atoms with Crippen molar-refractivity contribution in [3.63, 3.8) is 0 Å². The molecule has 0 spiro atoms. The zero-order valence-corrected chi connectivity index (χ0v) is 11.1. The lowest BCUT2D eigenvalue weighted by Crippen LogP contribution is -2.08. The van der Waals surface area contributed by atoms with Crippen molar-refractivity contribution in [3.05, 3.63) is 18.0 Å². The molecule has 0 aromatic carbocycles. The molecule has 0 aliphatic carbocycles. The van der Waals surface area contributed by atoms with Crippen LogP contribution in [0, 0.1) is 6.92 Å². The van der Waals surface area contributed by atoms with Crippen molar-refractivity contribution in [3.8, 4) is 5.75 Å². The fourth-order valence-electron chi connectivity index (χ4n) is 1.56. The van der Waals surface area contributed by atoms with Crippen LogP contribution in [-0.4, -0.2) is 33.8 Å². The molecule has 2 aromatic rings. The highest BCUT2D eigenvalue weighted by molar-refractivity contribution is 5.63. The normalized spacial score (nSPS) is 10.3. The molecule has 0 aliphatic rings. The predicted octanol–water partition coefficient (Wildman–Crippen LogP) is 1.22. The van der Waals surface area contributed by atoms with Gasteiger partial charge in [0.15, 0.2) is 17.5 Å². The Morgan fingerprint density at radius 1 is 1.26 bits per heavy atom. The number of anilines is 2. The third-order valence-electron chi connectivity index (χ3n) is 2.34. The number of ether oxygens (including phenoxy) is 1. The first-order valence-corrected chi connectivity index (χ1v) is 5.90. The van der Waals surface area contributed by atoms with Crippen molar-refractivity contribution in [1.29, 1.82) is 0 Å². The number of nitrogens with one attached hydrogen (secondary N) is 2. The number of hydrogen-bond donors (Lipinski definition) is 2. The molecule has 0 unspecified atom stereocenters. The summed E-state index contributed by atoms with van der Waals surface area (Å²) >= 11 is 0. The average molecular weight is 264 g/mol. The summed E-state index contributed by atoms with van der Waals surface area (Å²) in [5.41, 5.74) is 0. The van der Waals surface area contributed by atoms with Crippen LogP contribution in [0.15, 0.2) is 10.9 Å². The van der Waals surface area contributed by atoms with Gasteiger partial charge in [-0.2, -0.15) is 4.98 Å². The summed E-state index contributed by atoms with van der Waals surface area (Å²) in [4.78, 5) is 12.4. The van der Waals surface area contributed by atoms with Crippen molar-refractivity contribution in [2.45, 2.75) is 20.4 Å². The zero-order valence-electron chi connectivity index (χ0n) is 11.1. The van der Waals surface area contributed by atoms with Gasteiger partial charge in [0, 0.05) is 13.5 Å². The Kier molecular flexibility index (Phi) is 4.11. The second-order valence-corrected chi connectivity index (χ2v) is 3.72. The molecular formula is C11H16N6O2. The van der Waals surface area contributed by atoms with Gasteiger partial charge in [0.2, 0.25) is 11.6 Å². The SMILES string of the molecule is CCNc1ncnc(NCc2noc(C)n2)c1OC. The number of aromatic nitrogens is 4. The summed E-state index contributed by atoms with van der Waals surface area (Å²) < 4.78 is 10.2. The highest BCUT2D eigenvalue weighted by Crippen LogP contribution is 2.28. The lowest BCUT2D eigenvalue weighted by atomic mass is 10.4. The minimum atomic E-state index is 0.399. The zero-order chi connectivity index (χ0) is 13.7. The van der Waals surface area contributed by atoms with Crippen LogP contribution < -0.4 is 15.4 Å². The number of aryl methyl sites for hydroxylation is 1. The fourth-order valence-corrected chi connectivity index (χ4v) is 1.56. The third-order valence-corrected chi connectivity index (χ3v) is 2.34. The van der Waals surface area contributed by atoms with E-state index in [9.17, 15) is 0 Å². The number of hydrogen-bond acceptors (Lipinski definition) is 8. The van der Waals surface area contributed by atoms with Gasteiger partial charge in [0.1, 0.15) is 6.33 Å². The Bertz CT molecular complexity index is 542. The number of nitrogens with zero attached hydrogens (tertiary/aromatic N) is 4.